The molecule has 2 aliphatic rings. The van der Waals surface area contributed by atoms with E-state index in [9.17, 15) is 9.18 Å². The van der Waals surface area contributed by atoms with Gasteiger partial charge < -0.3 is 9.15 Å². The summed E-state index contributed by atoms with van der Waals surface area (Å²) >= 11 is 6.54. The van der Waals surface area contributed by atoms with Crippen molar-refractivity contribution < 1.29 is 13.5 Å². The lowest BCUT2D eigenvalue weighted by Gasteiger charge is -2.30. The summed E-state index contributed by atoms with van der Waals surface area (Å²) in [5.74, 6) is 0.375. The highest BCUT2D eigenvalue weighted by molar-refractivity contribution is 6.33. The van der Waals surface area contributed by atoms with Crippen molar-refractivity contribution in [2.45, 2.75) is 38.6 Å². The van der Waals surface area contributed by atoms with Gasteiger partial charge in [-0.25, -0.2) is 9.18 Å². The Morgan fingerprint density at radius 3 is 2.62 bits per heavy atom. The minimum Gasteiger partial charge on any atom is -0.476 e. The first-order valence-electron chi connectivity index (χ1n) is 9.99. The molecule has 0 N–H and O–H groups in total. The molecule has 3 aromatic rings. The van der Waals surface area contributed by atoms with Crippen molar-refractivity contribution in [1.29, 1.82) is 0 Å². The molecule has 4 nitrogen and oxygen atoms in total. The van der Waals surface area contributed by atoms with Crippen LogP contribution in [0.1, 0.15) is 35.1 Å². The Morgan fingerprint density at radius 1 is 1.07 bits per heavy atom. The summed E-state index contributed by atoms with van der Waals surface area (Å²) in [5.41, 5.74) is 4.14. The summed E-state index contributed by atoms with van der Waals surface area (Å²) in [7, 11) is 0. The molecule has 0 spiro atoms. The molecule has 0 unspecified atom stereocenters. The first-order valence-corrected chi connectivity index (χ1v) is 10.4. The summed E-state index contributed by atoms with van der Waals surface area (Å²) in [4.78, 5) is 14.7. The van der Waals surface area contributed by atoms with E-state index in [-0.39, 0.29) is 11.4 Å². The van der Waals surface area contributed by atoms with Crippen molar-refractivity contribution >= 4 is 22.6 Å². The minimum atomic E-state index is -0.236. The van der Waals surface area contributed by atoms with Crippen LogP contribution in [0.3, 0.4) is 0 Å². The lowest BCUT2D eigenvalue weighted by atomic mass is 9.90. The van der Waals surface area contributed by atoms with E-state index >= 15 is 0 Å². The molecule has 1 aliphatic heterocycles. The Labute approximate surface area is 172 Å². The Kier molecular flexibility index (Phi) is 4.80. The zero-order valence-electron chi connectivity index (χ0n) is 16.0. The Bertz CT molecular complexity index is 1140. The van der Waals surface area contributed by atoms with Crippen LogP contribution < -0.4 is 10.4 Å². The van der Waals surface area contributed by atoms with E-state index in [1.807, 2.05) is 6.07 Å². The third-order valence-electron chi connectivity index (χ3n) is 5.92. The van der Waals surface area contributed by atoms with Crippen LogP contribution in [-0.4, -0.2) is 18.2 Å². The molecule has 0 atom stereocenters. The van der Waals surface area contributed by atoms with Crippen LogP contribution in [0.25, 0.3) is 11.0 Å². The molecule has 2 heterocycles. The van der Waals surface area contributed by atoms with Crippen molar-refractivity contribution in [3.8, 4) is 5.75 Å². The van der Waals surface area contributed by atoms with Crippen molar-refractivity contribution in [1.82, 2.24) is 4.90 Å². The van der Waals surface area contributed by atoms with Crippen LogP contribution in [0.4, 0.5) is 4.39 Å². The molecule has 0 saturated carbocycles. The second-order valence-corrected chi connectivity index (χ2v) is 8.21. The predicted octanol–water partition coefficient (Wildman–Crippen LogP) is 4.86. The number of benzene rings is 2. The maximum absolute atomic E-state index is 13.1. The molecule has 6 heteroatoms. The molecular weight excluding hydrogens is 393 g/mol. The number of nitrogens with zero attached hydrogens (tertiary/aromatic N) is 1. The number of ether oxygens (including phenoxy) is 1. The van der Waals surface area contributed by atoms with Gasteiger partial charge in [-0.15, -0.1) is 0 Å². The van der Waals surface area contributed by atoms with Crippen molar-refractivity contribution in [2.24, 2.45) is 0 Å². The molecule has 5 rings (SSSR count). The smallest absolute Gasteiger partial charge is 0.339 e. The molecule has 0 saturated heterocycles. The summed E-state index contributed by atoms with van der Waals surface area (Å²) < 4.78 is 24.8. The Morgan fingerprint density at radius 2 is 1.83 bits per heavy atom. The number of hydrogen-bond donors (Lipinski definition) is 0. The van der Waals surface area contributed by atoms with Crippen LogP contribution >= 0.6 is 11.6 Å². The predicted molar refractivity (Wildman–Crippen MR) is 110 cm³/mol. The van der Waals surface area contributed by atoms with Gasteiger partial charge in [-0.2, -0.15) is 0 Å². The number of fused-ring (bicyclic) bond motifs is 5. The molecule has 29 heavy (non-hydrogen) atoms. The first-order chi connectivity index (χ1) is 14.1. The number of halogens is 2. The van der Waals surface area contributed by atoms with Gasteiger partial charge in [0.2, 0.25) is 0 Å². The van der Waals surface area contributed by atoms with Crippen LogP contribution in [0, 0.1) is 5.82 Å². The summed E-state index contributed by atoms with van der Waals surface area (Å²) in [6.45, 7) is 1.75. The molecule has 1 aromatic heterocycles. The zero-order chi connectivity index (χ0) is 20.0. The van der Waals surface area contributed by atoms with E-state index in [1.54, 1.807) is 12.1 Å². The highest BCUT2D eigenvalue weighted by atomic mass is 35.5. The van der Waals surface area contributed by atoms with Gasteiger partial charge in [0.05, 0.1) is 10.6 Å². The highest BCUT2D eigenvalue weighted by Crippen LogP contribution is 2.40. The van der Waals surface area contributed by atoms with Gasteiger partial charge in [-0.3, -0.25) is 4.90 Å². The fraction of sp³-hybridized carbons (Fsp3) is 0.348. The molecule has 0 fully saturated rings. The molecule has 150 valence electrons. The fourth-order valence-corrected chi connectivity index (χ4v) is 4.67. The Hall–Kier alpha value is -2.37. The van der Waals surface area contributed by atoms with Crippen LogP contribution in [0.5, 0.6) is 5.75 Å². The van der Waals surface area contributed by atoms with Gasteiger partial charge in [-0.1, -0.05) is 23.7 Å². The summed E-state index contributed by atoms with van der Waals surface area (Å²) in [6.07, 6.45) is 4.50. The van der Waals surface area contributed by atoms with Gasteiger partial charge in [0.25, 0.3) is 0 Å². The van der Waals surface area contributed by atoms with Crippen LogP contribution in [0.15, 0.2) is 39.5 Å². The molecule has 1 aliphatic carbocycles. The van der Waals surface area contributed by atoms with E-state index in [2.05, 4.69) is 4.90 Å². The molecule has 0 bridgehead atoms. The monoisotopic (exact) mass is 413 g/mol. The molecule has 0 amide bonds. The number of aryl methyl sites for hydroxylation is 1. The lowest BCUT2D eigenvalue weighted by Crippen LogP contribution is -2.34. The molecular formula is C23H21ClFNO3. The largest absolute Gasteiger partial charge is 0.476 e. The zero-order valence-corrected chi connectivity index (χ0v) is 16.7. The van der Waals surface area contributed by atoms with E-state index in [4.69, 9.17) is 20.8 Å². The normalized spacial score (nSPS) is 16.3. The molecule has 0 radical (unpaired) electrons. The average molecular weight is 414 g/mol. The van der Waals surface area contributed by atoms with Gasteiger partial charge in [0.15, 0.2) is 0 Å². The Balaban J connectivity index is 1.48. The second-order valence-electron chi connectivity index (χ2n) is 7.80. The van der Waals surface area contributed by atoms with Crippen molar-refractivity contribution in [3.63, 3.8) is 0 Å². The first kappa shape index (κ1) is 18.6. The second kappa shape index (κ2) is 7.47. The van der Waals surface area contributed by atoms with Gasteiger partial charge in [0, 0.05) is 24.0 Å². The number of rotatable bonds is 3. The van der Waals surface area contributed by atoms with Crippen LogP contribution in [0.2, 0.25) is 5.02 Å². The van der Waals surface area contributed by atoms with Crippen molar-refractivity contribution in [3.05, 3.63) is 73.8 Å². The molecule has 2 aromatic carbocycles. The third kappa shape index (κ3) is 3.43. The van der Waals surface area contributed by atoms with E-state index < -0.39 is 0 Å². The third-order valence-corrected chi connectivity index (χ3v) is 6.20. The average Bonchev–Trinajstić information content (AvgIpc) is 2.74. The minimum absolute atomic E-state index is 0.233. The van der Waals surface area contributed by atoms with E-state index in [1.165, 1.54) is 12.1 Å². The van der Waals surface area contributed by atoms with E-state index in [0.29, 0.717) is 29.6 Å². The quantitative estimate of drug-likeness (QED) is 0.575. The summed E-state index contributed by atoms with van der Waals surface area (Å²) in [6, 6.07) is 8.43. The summed E-state index contributed by atoms with van der Waals surface area (Å²) in [5, 5.41) is 1.50. The van der Waals surface area contributed by atoms with Gasteiger partial charge in [0.1, 0.15) is 23.9 Å². The maximum atomic E-state index is 13.1. The van der Waals surface area contributed by atoms with Gasteiger partial charge >= 0.3 is 5.63 Å². The SMILES string of the molecule is O=c1oc2c3c(c(Cl)cc2c2c1CCCC2)OCN(CCc1ccc(F)cc1)C3. The highest BCUT2D eigenvalue weighted by Gasteiger charge is 2.27. The standard InChI is InChI=1S/C23H21ClFNO3/c24-20-11-18-16-3-1-2-4-17(16)23(27)29-21(18)19-12-26(13-28-22(19)20)10-9-14-5-7-15(25)8-6-14/h5-8,11H,1-4,9-10,12-13H2. The van der Waals surface area contributed by atoms with Gasteiger partial charge in [-0.05, 0) is 61.4 Å². The van der Waals surface area contributed by atoms with Crippen LogP contribution in [-0.2, 0) is 25.8 Å². The van der Waals surface area contributed by atoms with Crippen molar-refractivity contribution in [2.75, 3.05) is 13.3 Å². The fourth-order valence-electron chi connectivity index (χ4n) is 4.40. The topological polar surface area (TPSA) is 42.7 Å². The lowest BCUT2D eigenvalue weighted by molar-refractivity contribution is 0.0968. The maximum Gasteiger partial charge on any atom is 0.339 e. The van der Waals surface area contributed by atoms with E-state index in [0.717, 1.165) is 66.3 Å². The number of hydrogen-bond acceptors (Lipinski definition) is 4.